The van der Waals surface area contributed by atoms with Crippen molar-refractivity contribution in [2.45, 2.75) is 19.4 Å². The molecule has 4 aromatic rings. The molecule has 6 nitrogen and oxygen atoms in total. The third-order valence-corrected chi connectivity index (χ3v) is 4.86. The lowest BCUT2D eigenvalue weighted by molar-refractivity contribution is 0.225. The second-order valence-electron chi connectivity index (χ2n) is 6.47. The van der Waals surface area contributed by atoms with Crippen LogP contribution in [0.4, 0.5) is 10.2 Å². The van der Waals surface area contributed by atoms with Gasteiger partial charge in [-0.15, -0.1) is 0 Å². The molecule has 1 unspecified atom stereocenters. The van der Waals surface area contributed by atoms with Crippen molar-refractivity contribution in [3.63, 3.8) is 0 Å². The molecular weight excluding hydrogens is 357 g/mol. The van der Waals surface area contributed by atoms with Gasteiger partial charge in [-0.3, -0.25) is 0 Å². The van der Waals surface area contributed by atoms with Crippen LogP contribution in [0.3, 0.4) is 0 Å². The Balaban J connectivity index is 1.96. The number of aliphatic hydroxyl groups excluding tert-OH is 1. The Kier molecular flexibility index (Phi) is 4.63. The van der Waals surface area contributed by atoms with Crippen molar-refractivity contribution >= 4 is 11.5 Å². The minimum absolute atomic E-state index is 0.0245. The zero-order valence-corrected chi connectivity index (χ0v) is 15.2. The van der Waals surface area contributed by atoms with Crippen molar-refractivity contribution < 1.29 is 9.50 Å². The molecule has 1 N–H and O–H groups in total. The SMILES string of the molecule is [C-]#[N+]c1cnc2ccc(-c3c(-c4ccc(F)cc4)ncn3C(CC)CO)cn12. The van der Waals surface area contributed by atoms with E-state index >= 15 is 0 Å². The van der Waals surface area contributed by atoms with E-state index in [1.165, 1.54) is 18.3 Å². The third-order valence-electron chi connectivity index (χ3n) is 4.86. The van der Waals surface area contributed by atoms with Crippen molar-refractivity contribution in [3.05, 3.63) is 72.4 Å². The van der Waals surface area contributed by atoms with Gasteiger partial charge < -0.3 is 14.5 Å². The maximum Gasteiger partial charge on any atom is 0.254 e. The summed E-state index contributed by atoms with van der Waals surface area (Å²) in [6.45, 7) is 9.31. The molecule has 0 radical (unpaired) electrons. The number of aromatic nitrogens is 4. The Morgan fingerprint density at radius 2 is 1.89 bits per heavy atom. The molecule has 0 aliphatic heterocycles. The lowest BCUT2D eigenvalue weighted by atomic mass is 10.0. The van der Waals surface area contributed by atoms with Gasteiger partial charge in [-0.25, -0.2) is 18.8 Å². The van der Waals surface area contributed by atoms with Crippen molar-refractivity contribution in [2.24, 2.45) is 0 Å². The van der Waals surface area contributed by atoms with Crippen LogP contribution in [0, 0.1) is 12.4 Å². The van der Waals surface area contributed by atoms with Gasteiger partial charge in [0.1, 0.15) is 5.82 Å². The summed E-state index contributed by atoms with van der Waals surface area (Å²) >= 11 is 0. The number of halogens is 1. The molecule has 7 heteroatoms. The Bertz CT molecular complexity index is 1170. The molecule has 4 rings (SSSR count). The van der Waals surface area contributed by atoms with Gasteiger partial charge in [0.05, 0.1) is 42.8 Å². The van der Waals surface area contributed by atoms with Gasteiger partial charge in [-0.1, -0.05) is 13.5 Å². The van der Waals surface area contributed by atoms with Gasteiger partial charge in [-0.2, -0.15) is 0 Å². The molecule has 0 bridgehead atoms. The minimum Gasteiger partial charge on any atom is -0.394 e. The lowest BCUT2D eigenvalue weighted by Crippen LogP contribution is -2.12. The molecular formula is C21H18FN5O. The monoisotopic (exact) mass is 375 g/mol. The van der Waals surface area contributed by atoms with Gasteiger partial charge in [0.2, 0.25) is 5.65 Å². The number of hydrogen-bond acceptors (Lipinski definition) is 3. The first-order valence-electron chi connectivity index (χ1n) is 8.94. The van der Waals surface area contributed by atoms with Gasteiger partial charge >= 0.3 is 0 Å². The highest BCUT2D eigenvalue weighted by molar-refractivity contribution is 5.79. The van der Waals surface area contributed by atoms with Crippen LogP contribution in [-0.4, -0.2) is 30.6 Å². The van der Waals surface area contributed by atoms with Crippen LogP contribution in [0.5, 0.6) is 0 Å². The summed E-state index contributed by atoms with van der Waals surface area (Å²) in [6, 6.07) is 9.79. The lowest BCUT2D eigenvalue weighted by Gasteiger charge is -2.18. The van der Waals surface area contributed by atoms with Crippen LogP contribution < -0.4 is 0 Å². The normalized spacial score (nSPS) is 12.2. The molecule has 1 aromatic carbocycles. The molecule has 28 heavy (non-hydrogen) atoms. The molecule has 0 fully saturated rings. The zero-order chi connectivity index (χ0) is 19.7. The van der Waals surface area contributed by atoms with Crippen LogP contribution in [0.2, 0.25) is 0 Å². The Morgan fingerprint density at radius 3 is 2.57 bits per heavy atom. The van der Waals surface area contributed by atoms with E-state index in [4.69, 9.17) is 6.57 Å². The van der Waals surface area contributed by atoms with E-state index in [0.29, 0.717) is 17.2 Å². The predicted molar refractivity (Wildman–Crippen MR) is 104 cm³/mol. The Morgan fingerprint density at radius 1 is 1.14 bits per heavy atom. The van der Waals surface area contributed by atoms with E-state index in [0.717, 1.165) is 23.2 Å². The van der Waals surface area contributed by atoms with E-state index in [2.05, 4.69) is 14.8 Å². The van der Waals surface area contributed by atoms with E-state index in [1.54, 1.807) is 22.9 Å². The zero-order valence-electron chi connectivity index (χ0n) is 15.2. The highest BCUT2D eigenvalue weighted by Gasteiger charge is 2.21. The van der Waals surface area contributed by atoms with E-state index < -0.39 is 0 Å². The van der Waals surface area contributed by atoms with Crippen molar-refractivity contribution in [1.29, 1.82) is 0 Å². The van der Waals surface area contributed by atoms with Gasteiger partial charge in [0.25, 0.3) is 5.82 Å². The number of rotatable bonds is 5. The fraction of sp³-hybridized carbons (Fsp3) is 0.190. The molecule has 0 saturated carbocycles. The van der Waals surface area contributed by atoms with Crippen molar-refractivity contribution in [3.8, 4) is 22.5 Å². The average Bonchev–Trinajstić information content (AvgIpc) is 3.33. The molecule has 140 valence electrons. The minimum atomic E-state index is -0.312. The molecule has 3 aromatic heterocycles. The number of imidazole rings is 2. The maximum atomic E-state index is 13.4. The summed E-state index contributed by atoms with van der Waals surface area (Å²) in [4.78, 5) is 12.3. The van der Waals surface area contributed by atoms with E-state index in [-0.39, 0.29) is 18.5 Å². The summed E-state index contributed by atoms with van der Waals surface area (Å²) in [6.07, 6.45) is 5.81. The van der Waals surface area contributed by atoms with Crippen LogP contribution in [-0.2, 0) is 0 Å². The molecule has 0 aliphatic rings. The maximum absolute atomic E-state index is 13.4. The third kappa shape index (κ3) is 2.94. The highest BCUT2D eigenvalue weighted by atomic mass is 19.1. The largest absolute Gasteiger partial charge is 0.394 e. The van der Waals surface area contributed by atoms with Crippen LogP contribution in [0.25, 0.3) is 33.0 Å². The molecule has 1 atom stereocenters. The molecule has 0 spiro atoms. The number of nitrogens with zero attached hydrogens (tertiary/aromatic N) is 5. The first-order chi connectivity index (χ1) is 13.7. The summed E-state index contributed by atoms with van der Waals surface area (Å²) in [7, 11) is 0. The van der Waals surface area contributed by atoms with Crippen LogP contribution in [0.15, 0.2) is 55.1 Å². The van der Waals surface area contributed by atoms with Crippen LogP contribution in [0.1, 0.15) is 19.4 Å². The summed E-state index contributed by atoms with van der Waals surface area (Å²) in [5, 5.41) is 9.83. The Hall–Kier alpha value is -3.50. The summed E-state index contributed by atoms with van der Waals surface area (Å²) < 4.78 is 17.1. The quantitative estimate of drug-likeness (QED) is 0.523. The molecule has 0 amide bonds. The standard InChI is InChI=1S/C21H18FN5O/c1-3-17(12-28)27-13-25-20(14-4-7-16(22)8-5-14)21(27)15-6-9-18-24-10-19(23-2)26(18)11-15/h4-11,13,17,28H,3,12H2,1H3. The molecule has 0 saturated heterocycles. The number of pyridine rings is 1. The van der Waals surface area contributed by atoms with Gasteiger partial charge in [0.15, 0.2) is 0 Å². The first-order valence-corrected chi connectivity index (χ1v) is 8.94. The molecule has 3 heterocycles. The van der Waals surface area contributed by atoms with E-state index in [1.807, 2.05) is 29.8 Å². The fourth-order valence-electron chi connectivity index (χ4n) is 3.35. The average molecular weight is 375 g/mol. The fourth-order valence-corrected chi connectivity index (χ4v) is 3.35. The van der Waals surface area contributed by atoms with E-state index in [9.17, 15) is 9.50 Å². The first kappa shape index (κ1) is 17.9. The number of hydrogen-bond donors (Lipinski definition) is 1. The predicted octanol–water partition coefficient (Wildman–Crippen LogP) is 4.50. The molecule has 0 aliphatic carbocycles. The summed E-state index contributed by atoms with van der Waals surface area (Å²) in [5.74, 6) is 0.105. The van der Waals surface area contributed by atoms with Crippen molar-refractivity contribution in [2.75, 3.05) is 6.61 Å². The number of aliphatic hydroxyl groups is 1. The second-order valence-corrected chi connectivity index (χ2v) is 6.47. The van der Waals surface area contributed by atoms with Gasteiger partial charge in [0, 0.05) is 17.2 Å². The number of benzene rings is 1. The van der Waals surface area contributed by atoms with Gasteiger partial charge in [-0.05, 0) is 36.8 Å². The smallest absolute Gasteiger partial charge is 0.254 e. The topological polar surface area (TPSA) is 59.7 Å². The van der Waals surface area contributed by atoms with Crippen LogP contribution >= 0.6 is 0 Å². The second kappa shape index (κ2) is 7.25. The highest BCUT2D eigenvalue weighted by Crippen LogP contribution is 2.34. The summed E-state index contributed by atoms with van der Waals surface area (Å²) in [5.41, 5.74) is 3.78. The Labute approximate surface area is 161 Å². The number of fused-ring (bicyclic) bond motifs is 1. The van der Waals surface area contributed by atoms with Crippen molar-refractivity contribution in [1.82, 2.24) is 18.9 Å².